The minimum absolute atomic E-state index is 0.247. The number of anilines is 1. The fourth-order valence-corrected chi connectivity index (χ4v) is 3.85. The number of carbonyl (C=O) groups excluding carboxylic acids is 2. The Morgan fingerprint density at radius 3 is 2.38 bits per heavy atom. The van der Waals surface area contributed by atoms with Crippen LogP contribution in [0.2, 0.25) is 0 Å². The average molecular weight is 400 g/mol. The lowest BCUT2D eigenvalue weighted by Gasteiger charge is -2.35. The Morgan fingerprint density at radius 1 is 1.14 bits per heavy atom. The Balaban J connectivity index is 1.47. The van der Waals surface area contributed by atoms with Crippen LogP contribution in [-0.2, 0) is 4.79 Å². The van der Waals surface area contributed by atoms with Gasteiger partial charge in [-0.3, -0.25) is 9.59 Å². The van der Waals surface area contributed by atoms with Crippen molar-refractivity contribution in [2.75, 3.05) is 37.6 Å². The molecule has 2 aliphatic rings. The molecule has 2 aliphatic heterocycles. The first kappa shape index (κ1) is 19.3. The van der Waals surface area contributed by atoms with Crippen LogP contribution in [0.25, 0.3) is 0 Å². The van der Waals surface area contributed by atoms with Crippen LogP contribution in [0.4, 0.5) is 14.6 Å². The molecule has 2 fully saturated rings. The van der Waals surface area contributed by atoms with E-state index < -0.39 is 29.0 Å². The van der Waals surface area contributed by atoms with E-state index in [0.717, 1.165) is 23.5 Å². The standard InChI is InChI=1S/C21H22F2N4O2/c1-13-2-3-18(25-12-13)26-6-8-27(9-7-26)21(29)19-16(22)10-14(11-17(19)23)15-4-5-24-20(15)28/h2-3,10-12,15H,4-9H2,1H3,(H,24,28). The molecule has 1 unspecified atom stereocenters. The number of aryl methyl sites for hydroxylation is 1. The zero-order chi connectivity index (χ0) is 20.5. The number of pyridine rings is 1. The van der Waals surface area contributed by atoms with Crippen LogP contribution in [0.5, 0.6) is 0 Å². The van der Waals surface area contributed by atoms with Crippen molar-refractivity contribution in [1.29, 1.82) is 0 Å². The number of nitrogens with zero attached hydrogens (tertiary/aromatic N) is 3. The van der Waals surface area contributed by atoms with Gasteiger partial charge in [0.1, 0.15) is 23.0 Å². The van der Waals surface area contributed by atoms with Gasteiger partial charge in [-0.05, 0) is 42.7 Å². The highest BCUT2D eigenvalue weighted by Gasteiger charge is 2.31. The van der Waals surface area contributed by atoms with Crippen molar-refractivity contribution in [2.24, 2.45) is 0 Å². The molecule has 0 bridgehead atoms. The largest absolute Gasteiger partial charge is 0.356 e. The highest BCUT2D eigenvalue weighted by molar-refractivity contribution is 5.95. The molecule has 152 valence electrons. The van der Waals surface area contributed by atoms with Crippen LogP contribution in [0.1, 0.15) is 33.8 Å². The van der Waals surface area contributed by atoms with Crippen molar-refractivity contribution in [3.63, 3.8) is 0 Å². The van der Waals surface area contributed by atoms with Gasteiger partial charge >= 0.3 is 0 Å². The Hall–Kier alpha value is -3.03. The third-order valence-corrected chi connectivity index (χ3v) is 5.52. The minimum Gasteiger partial charge on any atom is -0.356 e. The number of rotatable bonds is 3. The third kappa shape index (κ3) is 3.79. The molecule has 1 atom stereocenters. The number of hydrogen-bond donors (Lipinski definition) is 1. The van der Waals surface area contributed by atoms with Crippen LogP contribution in [-0.4, -0.2) is 54.4 Å². The number of halogens is 2. The zero-order valence-corrected chi connectivity index (χ0v) is 16.1. The number of hydrogen-bond acceptors (Lipinski definition) is 4. The first-order chi connectivity index (χ1) is 13.9. The maximum Gasteiger partial charge on any atom is 0.259 e. The van der Waals surface area contributed by atoms with Gasteiger partial charge < -0.3 is 15.1 Å². The van der Waals surface area contributed by atoms with Crippen LogP contribution < -0.4 is 10.2 Å². The molecule has 0 spiro atoms. The fraction of sp³-hybridized carbons (Fsp3) is 0.381. The molecule has 0 radical (unpaired) electrons. The van der Waals surface area contributed by atoms with Crippen LogP contribution in [0.3, 0.4) is 0 Å². The predicted octanol–water partition coefficient (Wildman–Crippen LogP) is 2.23. The number of nitrogens with one attached hydrogen (secondary N) is 1. The summed E-state index contributed by atoms with van der Waals surface area (Å²) in [6, 6.07) is 6.11. The molecule has 2 aromatic rings. The SMILES string of the molecule is Cc1ccc(N2CCN(C(=O)c3c(F)cc(C4CCNC4=O)cc3F)CC2)nc1. The Bertz CT molecular complexity index is 917. The molecule has 1 aromatic heterocycles. The van der Waals surface area contributed by atoms with Crippen molar-refractivity contribution in [3.05, 3.63) is 58.8 Å². The van der Waals surface area contributed by atoms with Gasteiger partial charge in [0.05, 0.1) is 5.92 Å². The van der Waals surface area contributed by atoms with Gasteiger partial charge in [-0.1, -0.05) is 6.07 Å². The van der Waals surface area contributed by atoms with Crippen LogP contribution >= 0.6 is 0 Å². The first-order valence-corrected chi connectivity index (χ1v) is 9.67. The molecule has 29 heavy (non-hydrogen) atoms. The van der Waals surface area contributed by atoms with E-state index >= 15 is 0 Å². The zero-order valence-electron chi connectivity index (χ0n) is 16.1. The monoisotopic (exact) mass is 400 g/mol. The summed E-state index contributed by atoms with van der Waals surface area (Å²) in [4.78, 5) is 32.4. The topological polar surface area (TPSA) is 65.5 Å². The fourth-order valence-electron chi connectivity index (χ4n) is 3.85. The van der Waals surface area contributed by atoms with E-state index in [0.29, 0.717) is 39.1 Å². The second-order valence-electron chi connectivity index (χ2n) is 7.46. The smallest absolute Gasteiger partial charge is 0.259 e. The summed E-state index contributed by atoms with van der Waals surface area (Å²) in [6.45, 7) is 4.20. The molecule has 1 aromatic carbocycles. The number of amides is 2. The predicted molar refractivity (Wildman–Crippen MR) is 104 cm³/mol. The Labute approximate surface area is 167 Å². The van der Waals surface area contributed by atoms with E-state index in [1.54, 1.807) is 6.20 Å². The van der Waals surface area contributed by atoms with Crippen molar-refractivity contribution in [1.82, 2.24) is 15.2 Å². The highest BCUT2D eigenvalue weighted by Crippen LogP contribution is 2.28. The Morgan fingerprint density at radius 2 is 1.83 bits per heavy atom. The Kier molecular flexibility index (Phi) is 5.17. The summed E-state index contributed by atoms with van der Waals surface area (Å²) in [5.74, 6) is -2.52. The van der Waals surface area contributed by atoms with Crippen LogP contribution in [0, 0.1) is 18.6 Å². The lowest BCUT2D eigenvalue weighted by molar-refractivity contribution is -0.120. The van der Waals surface area contributed by atoms with E-state index in [1.807, 2.05) is 24.0 Å². The molecule has 0 saturated carbocycles. The summed E-state index contributed by atoms with van der Waals surface area (Å²) in [5.41, 5.74) is 0.767. The van der Waals surface area contributed by atoms with E-state index in [9.17, 15) is 18.4 Å². The van der Waals surface area contributed by atoms with E-state index in [2.05, 4.69) is 10.3 Å². The normalized spacial score (nSPS) is 19.4. The second-order valence-corrected chi connectivity index (χ2v) is 7.46. The van der Waals surface area contributed by atoms with Crippen molar-refractivity contribution >= 4 is 17.6 Å². The maximum atomic E-state index is 14.6. The van der Waals surface area contributed by atoms with E-state index in [-0.39, 0.29) is 11.5 Å². The maximum absolute atomic E-state index is 14.6. The lowest BCUT2D eigenvalue weighted by atomic mass is 9.95. The van der Waals surface area contributed by atoms with E-state index in [1.165, 1.54) is 4.90 Å². The van der Waals surface area contributed by atoms with E-state index in [4.69, 9.17) is 0 Å². The van der Waals surface area contributed by atoms with Gasteiger partial charge in [0.25, 0.3) is 5.91 Å². The molecule has 6 nitrogen and oxygen atoms in total. The number of piperazine rings is 1. The van der Waals surface area contributed by atoms with Gasteiger partial charge in [-0.25, -0.2) is 13.8 Å². The first-order valence-electron chi connectivity index (χ1n) is 9.67. The second kappa shape index (κ2) is 7.77. The summed E-state index contributed by atoms with van der Waals surface area (Å²) in [6.07, 6.45) is 2.27. The van der Waals surface area contributed by atoms with Gasteiger partial charge in [-0.15, -0.1) is 0 Å². The summed E-state index contributed by atoms with van der Waals surface area (Å²) >= 11 is 0. The van der Waals surface area contributed by atoms with Crippen LogP contribution in [0.15, 0.2) is 30.5 Å². The van der Waals surface area contributed by atoms with Crippen molar-refractivity contribution in [3.8, 4) is 0 Å². The third-order valence-electron chi connectivity index (χ3n) is 5.52. The molecule has 3 heterocycles. The minimum atomic E-state index is -0.924. The molecule has 2 amide bonds. The molecule has 8 heteroatoms. The van der Waals surface area contributed by atoms with Gasteiger partial charge in [0, 0.05) is 38.9 Å². The molecule has 2 saturated heterocycles. The molecule has 0 aliphatic carbocycles. The van der Waals surface area contributed by atoms with Gasteiger partial charge in [0.2, 0.25) is 5.91 Å². The van der Waals surface area contributed by atoms with Crippen molar-refractivity contribution < 1.29 is 18.4 Å². The number of carbonyl (C=O) groups is 2. The molecular weight excluding hydrogens is 378 g/mol. The van der Waals surface area contributed by atoms with Crippen molar-refractivity contribution in [2.45, 2.75) is 19.3 Å². The molecular formula is C21H22F2N4O2. The summed E-state index contributed by atoms with van der Waals surface area (Å²) in [5, 5.41) is 2.65. The number of benzene rings is 1. The highest BCUT2D eigenvalue weighted by atomic mass is 19.1. The molecule has 4 rings (SSSR count). The average Bonchev–Trinajstić information content (AvgIpc) is 3.14. The van der Waals surface area contributed by atoms with Gasteiger partial charge in [0.15, 0.2) is 0 Å². The van der Waals surface area contributed by atoms with Gasteiger partial charge in [-0.2, -0.15) is 0 Å². The number of aromatic nitrogens is 1. The molecule has 1 N–H and O–H groups in total. The lowest BCUT2D eigenvalue weighted by Crippen LogP contribution is -2.49. The quantitative estimate of drug-likeness (QED) is 0.858. The summed E-state index contributed by atoms with van der Waals surface area (Å²) in [7, 11) is 0. The summed E-state index contributed by atoms with van der Waals surface area (Å²) < 4.78 is 29.3.